The second-order valence-electron chi connectivity index (χ2n) is 4.57. The molecule has 0 fully saturated rings. The molecule has 0 saturated heterocycles. The van der Waals surface area contributed by atoms with Gasteiger partial charge in [-0.15, -0.1) is 0 Å². The van der Waals surface area contributed by atoms with Crippen molar-refractivity contribution in [2.45, 2.75) is 27.4 Å². The lowest BCUT2D eigenvalue weighted by atomic mass is 10.1. The first-order valence-corrected chi connectivity index (χ1v) is 5.98. The van der Waals surface area contributed by atoms with E-state index in [2.05, 4.69) is 37.9 Å². The Kier molecular flexibility index (Phi) is 3.51. The number of nitrogens with two attached hydrogens (primary N) is 1. The van der Waals surface area contributed by atoms with Crippen molar-refractivity contribution in [2.75, 3.05) is 5.73 Å². The van der Waals surface area contributed by atoms with E-state index >= 15 is 0 Å². The van der Waals surface area contributed by atoms with Gasteiger partial charge in [0.05, 0.1) is 5.69 Å². The van der Waals surface area contributed by atoms with Crippen LogP contribution in [0.5, 0.6) is 5.75 Å². The summed E-state index contributed by atoms with van der Waals surface area (Å²) in [5.74, 6) is 1.46. The van der Waals surface area contributed by atoms with Crippen LogP contribution in [-0.4, -0.2) is 4.98 Å². The molecule has 0 atom stereocenters. The Morgan fingerprint density at radius 1 is 1.11 bits per heavy atom. The van der Waals surface area contributed by atoms with Crippen molar-refractivity contribution in [3.8, 4) is 5.75 Å². The Hall–Kier alpha value is -2.03. The normalized spacial score (nSPS) is 10.4. The maximum atomic E-state index is 5.85. The molecule has 0 amide bonds. The maximum absolute atomic E-state index is 5.85. The van der Waals surface area contributed by atoms with Crippen molar-refractivity contribution in [1.29, 1.82) is 0 Å². The summed E-state index contributed by atoms with van der Waals surface area (Å²) < 4.78 is 5.85. The van der Waals surface area contributed by atoms with Gasteiger partial charge in [0, 0.05) is 0 Å². The minimum absolute atomic E-state index is 0.440. The highest BCUT2D eigenvalue weighted by Gasteiger charge is 2.05. The molecule has 0 aliphatic rings. The number of anilines is 1. The highest BCUT2D eigenvalue weighted by molar-refractivity contribution is 5.43. The van der Waals surface area contributed by atoms with Crippen LogP contribution in [0.15, 0.2) is 30.3 Å². The second kappa shape index (κ2) is 5.08. The lowest BCUT2D eigenvalue weighted by molar-refractivity contribution is 0.297. The van der Waals surface area contributed by atoms with Gasteiger partial charge in [-0.25, -0.2) is 4.98 Å². The van der Waals surface area contributed by atoms with Gasteiger partial charge in [-0.05, 0) is 44.0 Å². The first-order chi connectivity index (χ1) is 8.56. The fraction of sp³-hybridized carbons (Fsp3) is 0.267. The minimum atomic E-state index is 0.440. The number of nitrogen functional groups attached to an aromatic ring is 1. The Balaban J connectivity index is 2.16. The molecule has 0 unspecified atom stereocenters. The van der Waals surface area contributed by atoms with Gasteiger partial charge in [0.1, 0.15) is 18.2 Å². The molecule has 0 saturated carbocycles. The van der Waals surface area contributed by atoms with E-state index in [1.807, 2.05) is 12.1 Å². The summed E-state index contributed by atoms with van der Waals surface area (Å²) in [5, 5.41) is 0. The second-order valence-corrected chi connectivity index (χ2v) is 4.57. The van der Waals surface area contributed by atoms with E-state index in [4.69, 9.17) is 10.5 Å². The van der Waals surface area contributed by atoms with Crippen molar-refractivity contribution in [3.63, 3.8) is 0 Å². The third-order valence-corrected chi connectivity index (χ3v) is 2.80. The van der Waals surface area contributed by atoms with Crippen LogP contribution in [-0.2, 0) is 6.61 Å². The van der Waals surface area contributed by atoms with Gasteiger partial charge in [0.2, 0.25) is 0 Å². The number of ether oxygens (including phenoxy) is 1. The molecule has 0 spiro atoms. The maximum Gasteiger partial charge on any atom is 0.130 e. The molecule has 0 radical (unpaired) electrons. The standard InChI is InChI=1S/C15H18N2O/c1-10-7-11(2)15(12(3)8-10)18-9-13-5-4-6-14(16)17-13/h4-8H,9H2,1-3H3,(H2,16,17). The van der Waals surface area contributed by atoms with Gasteiger partial charge in [0.15, 0.2) is 0 Å². The number of pyridine rings is 1. The van der Waals surface area contributed by atoms with E-state index in [-0.39, 0.29) is 0 Å². The van der Waals surface area contributed by atoms with Crippen molar-refractivity contribution in [2.24, 2.45) is 0 Å². The van der Waals surface area contributed by atoms with Gasteiger partial charge in [0.25, 0.3) is 0 Å². The van der Waals surface area contributed by atoms with Crippen molar-refractivity contribution in [1.82, 2.24) is 4.98 Å². The lowest BCUT2D eigenvalue weighted by Crippen LogP contribution is -2.02. The topological polar surface area (TPSA) is 48.1 Å². The predicted molar refractivity (Wildman–Crippen MR) is 73.6 cm³/mol. The molecule has 94 valence electrons. The zero-order valence-electron chi connectivity index (χ0n) is 11.0. The monoisotopic (exact) mass is 242 g/mol. The number of nitrogens with zero attached hydrogens (tertiary/aromatic N) is 1. The van der Waals surface area contributed by atoms with Crippen LogP contribution in [0, 0.1) is 20.8 Å². The van der Waals surface area contributed by atoms with E-state index in [9.17, 15) is 0 Å². The number of aromatic nitrogens is 1. The quantitative estimate of drug-likeness (QED) is 0.899. The molecule has 0 aliphatic heterocycles. The molecule has 1 aromatic carbocycles. The van der Waals surface area contributed by atoms with Gasteiger partial charge < -0.3 is 10.5 Å². The number of benzene rings is 1. The number of aryl methyl sites for hydroxylation is 3. The fourth-order valence-corrected chi connectivity index (χ4v) is 2.12. The van der Waals surface area contributed by atoms with Gasteiger partial charge in [-0.1, -0.05) is 23.8 Å². The average Bonchev–Trinajstić information content (AvgIpc) is 2.27. The Morgan fingerprint density at radius 2 is 1.78 bits per heavy atom. The summed E-state index contributed by atoms with van der Waals surface area (Å²) in [6, 6.07) is 9.81. The molecule has 1 heterocycles. The third-order valence-electron chi connectivity index (χ3n) is 2.80. The van der Waals surface area contributed by atoms with Crippen LogP contribution in [0.1, 0.15) is 22.4 Å². The summed E-state index contributed by atoms with van der Waals surface area (Å²) in [6.45, 7) is 6.64. The first-order valence-electron chi connectivity index (χ1n) is 5.98. The summed E-state index contributed by atoms with van der Waals surface area (Å²) in [5.41, 5.74) is 10.0. The van der Waals surface area contributed by atoms with Crippen LogP contribution < -0.4 is 10.5 Å². The van der Waals surface area contributed by atoms with E-state index in [1.165, 1.54) is 5.56 Å². The van der Waals surface area contributed by atoms with Crippen molar-refractivity contribution < 1.29 is 4.74 Å². The molecule has 3 nitrogen and oxygen atoms in total. The van der Waals surface area contributed by atoms with Gasteiger partial charge in [-0.3, -0.25) is 0 Å². The lowest BCUT2D eigenvalue weighted by Gasteiger charge is -2.13. The largest absolute Gasteiger partial charge is 0.487 e. The van der Waals surface area contributed by atoms with E-state index in [1.54, 1.807) is 6.07 Å². The molecule has 0 bridgehead atoms. The molecule has 3 heteroatoms. The summed E-state index contributed by atoms with van der Waals surface area (Å²) >= 11 is 0. The molecule has 1 aromatic heterocycles. The SMILES string of the molecule is Cc1cc(C)c(OCc2cccc(N)n2)c(C)c1. The molecule has 2 N–H and O–H groups in total. The Labute approximate surface area is 108 Å². The Bertz CT molecular complexity index is 541. The molecular weight excluding hydrogens is 224 g/mol. The summed E-state index contributed by atoms with van der Waals surface area (Å²) in [7, 11) is 0. The van der Waals surface area contributed by atoms with E-state index < -0.39 is 0 Å². The molecular formula is C15H18N2O. The summed E-state index contributed by atoms with van der Waals surface area (Å²) in [6.07, 6.45) is 0. The Morgan fingerprint density at radius 3 is 2.39 bits per heavy atom. The van der Waals surface area contributed by atoms with E-state index in [0.29, 0.717) is 12.4 Å². The van der Waals surface area contributed by atoms with Crippen LogP contribution >= 0.6 is 0 Å². The van der Waals surface area contributed by atoms with Crippen molar-refractivity contribution in [3.05, 3.63) is 52.7 Å². The van der Waals surface area contributed by atoms with Crippen LogP contribution in [0.25, 0.3) is 0 Å². The number of hydrogen-bond donors (Lipinski definition) is 1. The number of rotatable bonds is 3. The predicted octanol–water partition coefficient (Wildman–Crippen LogP) is 3.17. The highest BCUT2D eigenvalue weighted by atomic mass is 16.5. The van der Waals surface area contributed by atoms with Crippen LogP contribution in [0.2, 0.25) is 0 Å². The van der Waals surface area contributed by atoms with E-state index in [0.717, 1.165) is 22.6 Å². The third kappa shape index (κ3) is 2.80. The van der Waals surface area contributed by atoms with Crippen LogP contribution in [0.3, 0.4) is 0 Å². The minimum Gasteiger partial charge on any atom is -0.487 e. The molecule has 18 heavy (non-hydrogen) atoms. The summed E-state index contributed by atoms with van der Waals surface area (Å²) in [4.78, 5) is 4.22. The number of hydrogen-bond acceptors (Lipinski definition) is 3. The fourth-order valence-electron chi connectivity index (χ4n) is 2.12. The molecule has 2 rings (SSSR count). The van der Waals surface area contributed by atoms with Crippen LogP contribution in [0.4, 0.5) is 5.82 Å². The molecule has 0 aliphatic carbocycles. The first kappa shape index (κ1) is 12.4. The van der Waals surface area contributed by atoms with Crippen molar-refractivity contribution >= 4 is 5.82 Å². The van der Waals surface area contributed by atoms with Gasteiger partial charge >= 0.3 is 0 Å². The smallest absolute Gasteiger partial charge is 0.130 e. The van der Waals surface area contributed by atoms with Gasteiger partial charge in [-0.2, -0.15) is 0 Å². The molecule has 2 aromatic rings. The zero-order valence-corrected chi connectivity index (χ0v) is 11.0. The average molecular weight is 242 g/mol. The zero-order chi connectivity index (χ0) is 13.1. The highest BCUT2D eigenvalue weighted by Crippen LogP contribution is 2.25.